The maximum absolute atomic E-state index is 12.4. The summed E-state index contributed by atoms with van der Waals surface area (Å²) in [4.78, 5) is 21.2. The maximum Gasteiger partial charge on any atom is 0.255 e. The Hall–Kier alpha value is -4.51. The molecule has 0 aliphatic rings. The van der Waals surface area contributed by atoms with Crippen molar-refractivity contribution in [2.24, 2.45) is 0 Å². The number of carbonyl (C=O) groups excluding carboxylic acids is 1. The van der Waals surface area contributed by atoms with Gasteiger partial charge in [-0.15, -0.1) is 0 Å². The second-order valence-corrected chi connectivity index (χ2v) is 7.22. The number of nitriles is 1. The summed E-state index contributed by atoms with van der Waals surface area (Å²) in [5.41, 5.74) is 3.32. The van der Waals surface area contributed by atoms with Crippen LogP contribution in [0.2, 0.25) is 0 Å². The van der Waals surface area contributed by atoms with Crippen molar-refractivity contribution < 1.29 is 9.53 Å². The van der Waals surface area contributed by atoms with Crippen LogP contribution in [0.25, 0.3) is 5.82 Å². The molecule has 0 fully saturated rings. The van der Waals surface area contributed by atoms with E-state index in [1.54, 1.807) is 66.2 Å². The van der Waals surface area contributed by atoms with Crippen molar-refractivity contribution >= 4 is 11.6 Å². The van der Waals surface area contributed by atoms with E-state index < -0.39 is 0 Å². The first-order chi connectivity index (χ1) is 15.4. The quantitative estimate of drug-likeness (QED) is 0.505. The zero-order valence-electron chi connectivity index (χ0n) is 17.8. The van der Waals surface area contributed by atoms with E-state index in [0.29, 0.717) is 40.1 Å². The van der Waals surface area contributed by atoms with Gasteiger partial charge in [0.1, 0.15) is 11.6 Å². The molecule has 2 aromatic heterocycles. The van der Waals surface area contributed by atoms with Crippen molar-refractivity contribution in [2.45, 2.75) is 20.8 Å². The molecule has 158 valence electrons. The van der Waals surface area contributed by atoms with Crippen LogP contribution in [0.1, 0.15) is 33.1 Å². The summed E-state index contributed by atoms with van der Waals surface area (Å²) in [6.07, 6.45) is 0. The molecular weight excluding hydrogens is 404 g/mol. The number of hydrogen-bond acceptors (Lipinski definition) is 6. The van der Waals surface area contributed by atoms with Crippen LogP contribution in [0.4, 0.5) is 5.69 Å². The molecular formula is C24H20N6O2. The molecule has 0 saturated heterocycles. The molecule has 0 aliphatic heterocycles. The van der Waals surface area contributed by atoms with E-state index in [2.05, 4.69) is 20.4 Å². The molecule has 32 heavy (non-hydrogen) atoms. The Labute approximate surface area is 185 Å². The highest BCUT2D eigenvalue weighted by Gasteiger charge is 2.11. The van der Waals surface area contributed by atoms with Gasteiger partial charge >= 0.3 is 0 Å². The molecule has 2 heterocycles. The first kappa shape index (κ1) is 20.8. The van der Waals surface area contributed by atoms with Crippen LogP contribution in [0.3, 0.4) is 0 Å². The van der Waals surface area contributed by atoms with E-state index in [1.807, 2.05) is 26.0 Å². The molecule has 0 aliphatic carbocycles. The van der Waals surface area contributed by atoms with E-state index in [0.717, 1.165) is 11.4 Å². The lowest BCUT2D eigenvalue weighted by Gasteiger charge is -2.10. The number of ether oxygens (including phenoxy) is 1. The fourth-order valence-electron chi connectivity index (χ4n) is 3.21. The molecule has 0 radical (unpaired) electrons. The largest absolute Gasteiger partial charge is 0.439 e. The average Bonchev–Trinajstić information content (AvgIpc) is 3.12. The molecule has 1 N–H and O–H groups in total. The summed E-state index contributed by atoms with van der Waals surface area (Å²) in [5.74, 6) is 1.85. The lowest BCUT2D eigenvalue weighted by atomic mass is 10.1. The summed E-state index contributed by atoms with van der Waals surface area (Å²) in [5, 5.41) is 16.3. The monoisotopic (exact) mass is 424 g/mol. The van der Waals surface area contributed by atoms with Crippen LogP contribution < -0.4 is 10.1 Å². The number of benzene rings is 2. The molecule has 4 aromatic rings. The first-order valence-electron chi connectivity index (χ1n) is 9.90. The van der Waals surface area contributed by atoms with Gasteiger partial charge < -0.3 is 10.1 Å². The normalized spacial score (nSPS) is 10.4. The van der Waals surface area contributed by atoms with Crippen molar-refractivity contribution in [1.82, 2.24) is 19.7 Å². The molecule has 1 amide bonds. The van der Waals surface area contributed by atoms with Gasteiger partial charge in [0.2, 0.25) is 5.88 Å². The van der Waals surface area contributed by atoms with Gasteiger partial charge in [0.05, 0.1) is 17.3 Å². The first-order valence-corrected chi connectivity index (χ1v) is 9.90. The molecule has 8 heteroatoms. The van der Waals surface area contributed by atoms with Crippen LogP contribution in [0.15, 0.2) is 60.7 Å². The number of amides is 1. The van der Waals surface area contributed by atoms with Gasteiger partial charge in [-0.1, -0.05) is 6.07 Å². The molecule has 0 saturated carbocycles. The number of aryl methyl sites for hydroxylation is 3. The Morgan fingerprint density at radius 2 is 1.81 bits per heavy atom. The van der Waals surface area contributed by atoms with Crippen molar-refractivity contribution in [3.8, 4) is 23.5 Å². The average molecular weight is 424 g/mol. The molecule has 0 spiro atoms. The van der Waals surface area contributed by atoms with Gasteiger partial charge in [0.15, 0.2) is 5.82 Å². The minimum absolute atomic E-state index is 0.295. The lowest BCUT2D eigenvalue weighted by molar-refractivity contribution is 0.102. The number of aromatic nitrogens is 4. The van der Waals surface area contributed by atoms with Gasteiger partial charge in [0, 0.05) is 23.0 Å². The Bertz CT molecular complexity index is 1340. The SMILES string of the molecule is Cc1cc(C)n(-c2cc(Oc3ccc(NC(=O)c4cccc(C#N)c4)cc3)nc(C)n2)n1. The van der Waals surface area contributed by atoms with E-state index in [-0.39, 0.29) is 5.91 Å². The van der Waals surface area contributed by atoms with Crippen molar-refractivity contribution in [1.29, 1.82) is 5.26 Å². The van der Waals surface area contributed by atoms with Crippen molar-refractivity contribution in [3.63, 3.8) is 0 Å². The van der Waals surface area contributed by atoms with E-state index in [4.69, 9.17) is 10.00 Å². The molecule has 0 atom stereocenters. The zero-order valence-corrected chi connectivity index (χ0v) is 17.8. The highest BCUT2D eigenvalue weighted by Crippen LogP contribution is 2.24. The minimum Gasteiger partial charge on any atom is -0.439 e. The minimum atomic E-state index is -0.295. The third kappa shape index (κ3) is 4.63. The van der Waals surface area contributed by atoms with Crippen LogP contribution >= 0.6 is 0 Å². The van der Waals surface area contributed by atoms with Gasteiger partial charge in [-0.3, -0.25) is 4.79 Å². The number of rotatable bonds is 5. The third-order valence-corrected chi connectivity index (χ3v) is 4.62. The Morgan fingerprint density at radius 1 is 1.03 bits per heavy atom. The second kappa shape index (κ2) is 8.70. The predicted molar refractivity (Wildman–Crippen MR) is 119 cm³/mol. The number of nitrogens with one attached hydrogen (secondary N) is 1. The van der Waals surface area contributed by atoms with Gasteiger partial charge in [0.25, 0.3) is 5.91 Å². The van der Waals surface area contributed by atoms with Gasteiger partial charge in [-0.25, -0.2) is 9.67 Å². The van der Waals surface area contributed by atoms with E-state index in [9.17, 15) is 4.79 Å². The molecule has 2 aromatic carbocycles. The van der Waals surface area contributed by atoms with Crippen LogP contribution in [0, 0.1) is 32.1 Å². The smallest absolute Gasteiger partial charge is 0.255 e. The maximum atomic E-state index is 12.4. The van der Waals surface area contributed by atoms with Crippen LogP contribution in [0.5, 0.6) is 11.6 Å². The fourth-order valence-corrected chi connectivity index (χ4v) is 3.21. The van der Waals surface area contributed by atoms with Gasteiger partial charge in [-0.05, 0) is 69.3 Å². The summed E-state index contributed by atoms with van der Waals surface area (Å²) in [7, 11) is 0. The van der Waals surface area contributed by atoms with Crippen molar-refractivity contribution in [2.75, 3.05) is 5.32 Å². The Morgan fingerprint density at radius 3 is 2.50 bits per heavy atom. The molecule has 0 unspecified atom stereocenters. The lowest BCUT2D eigenvalue weighted by Crippen LogP contribution is -2.11. The topological polar surface area (TPSA) is 106 Å². The van der Waals surface area contributed by atoms with Crippen LogP contribution in [-0.2, 0) is 0 Å². The highest BCUT2D eigenvalue weighted by atomic mass is 16.5. The van der Waals surface area contributed by atoms with E-state index >= 15 is 0 Å². The fraction of sp³-hybridized carbons (Fsp3) is 0.125. The summed E-state index contributed by atoms with van der Waals surface area (Å²) < 4.78 is 7.65. The zero-order chi connectivity index (χ0) is 22.7. The number of nitrogens with zero attached hydrogens (tertiary/aromatic N) is 5. The third-order valence-electron chi connectivity index (χ3n) is 4.62. The van der Waals surface area contributed by atoms with Crippen molar-refractivity contribution in [3.05, 3.63) is 89.0 Å². The standard InChI is InChI=1S/C24H20N6O2/c1-15-11-16(2)30(29-15)22-13-23(27-17(3)26-22)32-21-9-7-20(8-10-21)28-24(31)19-6-4-5-18(12-19)14-25/h4-13H,1-3H3,(H,28,31). The van der Waals surface area contributed by atoms with Crippen LogP contribution in [-0.4, -0.2) is 25.7 Å². The Kier molecular flexibility index (Phi) is 5.64. The predicted octanol–water partition coefficient (Wildman–Crippen LogP) is 4.50. The summed E-state index contributed by atoms with van der Waals surface area (Å²) in [6, 6.07) is 19.2. The van der Waals surface area contributed by atoms with Gasteiger partial charge in [-0.2, -0.15) is 15.3 Å². The van der Waals surface area contributed by atoms with E-state index in [1.165, 1.54) is 0 Å². The number of carbonyl (C=O) groups is 1. The number of anilines is 1. The second-order valence-electron chi connectivity index (χ2n) is 7.22. The molecule has 4 rings (SSSR count). The Balaban J connectivity index is 1.49. The molecule has 8 nitrogen and oxygen atoms in total. The molecule has 0 bridgehead atoms. The summed E-state index contributed by atoms with van der Waals surface area (Å²) in [6.45, 7) is 5.68. The number of hydrogen-bond donors (Lipinski definition) is 1. The summed E-state index contributed by atoms with van der Waals surface area (Å²) >= 11 is 0. The highest BCUT2D eigenvalue weighted by molar-refractivity contribution is 6.04.